The Kier molecular flexibility index (Phi) is 2.41. The summed E-state index contributed by atoms with van der Waals surface area (Å²) in [5.41, 5.74) is 0. The quantitative estimate of drug-likeness (QED) is 0.563. The molecule has 0 radical (unpaired) electrons. The van der Waals surface area contributed by atoms with Crippen molar-refractivity contribution in [1.29, 1.82) is 0 Å². The normalized spacial score (nSPS) is 17.5. The van der Waals surface area contributed by atoms with Gasteiger partial charge in [0, 0.05) is 0 Å². The minimum atomic E-state index is -0.548. The molecule has 0 aromatic carbocycles. The molecule has 14 heavy (non-hydrogen) atoms. The van der Waals surface area contributed by atoms with Gasteiger partial charge in [-0.2, -0.15) is 4.68 Å². The molecule has 2 rings (SSSR count). The Morgan fingerprint density at radius 1 is 1.57 bits per heavy atom. The monoisotopic (exact) mass is 215 g/mol. The van der Waals surface area contributed by atoms with Gasteiger partial charge in [-0.3, -0.25) is 0 Å². The lowest BCUT2D eigenvalue weighted by molar-refractivity contribution is -0.389. The van der Waals surface area contributed by atoms with Crippen LogP contribution in [0.1, 0.15) is 31.7 Å². The van der Waals surface area contributed by atoms with E-state index in [1.54, 1.807) is 10.9 Å². The van der Waals surface area contributed by atoms with Crippen LogP contribution < -0.4 is 0 Å². The van der Waals surface area contributed by atoms with Gasteiger partial charge in [0.2, 0.25) is 0 Å². The predicted molar refractivity (Wildman–Crippen MR) is 51.4 cm³/mol. The van der Waals surface area contributed by atoms with Crippen molar-refractivity contribution in [2.45, 2.75) is 31.7 Å². The first-order valence-electron chi connectivity index (χ1n) is 4.57. The van der Waals surface area contributed by atoms with Crippen molar-refractivity contribution >= 4 is 17.4 Å². The van der Waals surface area contributed by atoms with E-state index in [4.69, 9.17) is 11.6 Å². The van der Waals surface area contributed by atoms with E-state index in [1.807, 2.05) is 0 Å². The van der Waals surface area contributed by atoms with Gasteiger partial charge in [0.25, 0.3) is 0 Å². The first-order chi connectivity index (χ1) is 6.68. The molecule has 5 nitrogen and oxygen atoms in total. The van der Waals surface area contributed by atoms with Crippen molar-refractivity contribution in [1.82, 2.24) is 9.78 Å². The van der Waals surface area contributed by atoms with Crippen LogP contribution in [-0.2, 0) is 0 Å². The summed E-state index contributed by atoms with van der Waals surface area (Å²) in [7, 11) is 0. The summed E-state index contributed by atoms with van der Waals surface area (Å²) in [5.74, 6) is -0.237. The standard InChI is InChI=1S/C8H10ClN3O2/c9-7-5-11(6-3-1-2-4-6)10-8(7)12(13)14/h5-6H,1-4H2. The summed E-state index contributed by atoms with van der Waals surface area (Å²) < 4.78 is 1.63. The average molecular weight is 216 g/mol. The van der Waals surface area contributed by atoms with Gasteiger partial charge in [-0.25, -0.2) is 0 Å². The van der Waals surface area contributed by atoms with E-state index in [2.05, 4.69) is 5.10 Å². The van der Waals surface area contributed by atoms with Crippen LogP contribution in [0.25, 0.3) is 0 Å². The molecular weight excluding hydrogens is 206 g/mol. The number of hydrogen-bond acceptors (Lipinski definition) is 3. The van der Waals surface area contributed by atoms with E-state index in [0.717, 1.165) is 25.7 Å². The van der Waals surface area contributed by atoms with Gasteiger partial charge in [0.15, 0.2) is 5.02 Å². The third kappa shape index (κ3) is 1.59. The maximum atomic E-state index is 10.5. The van der Waals surface area contributed by atoms with Crippen molar-refractivity contribution in [3.8, 4) is 0 Å². The Morgan fingerprint density at radius 2 is 2.21 bits per heavy atom. The maximum Gasteiger partial charge on any atom is 0.408 e. The van der Waals surface area contributed by atoms with E-state index in [0.29, 0.717) is 6.04 Å². The highest BCUT2D eigenvalue weighted by Gasteiger charge is 2.25. The Labute approximate surface area is 85.8 Å². The second kappa shape index (κ2) is 3.57. The van der Waals surface area contributed by atoms with Crippen LogP contribution in [0.3, 0.4) is 0 Å². The molecule has 1 aromatic heterocycles. The van der Waals surface area contributed by atoms with Crippen LogP contribution in [0.5, 0.6) is 0 Å². The lowest BCUT2D eigenvalue weighted by Crippen LogP contribution is -2.05. The third-order valence-electron chi connectivity index (χ3n) is 2.54. The first kappa shape index (κ1) is 9.45. The number of hydrogen-bond donors (Lipinski definition) is 0. The van der Waals surface area contributed by atoms with E-state index in [-0.39, 0.29) is 10.8 Å². The molecule has 76 valence electrons. The number of rotatable bonds is 2. The van der Waals surface area contributed by atoms with Crippen LogP contribution in [0, 0.1) is 10.1 Å². The van der Waals surface area contributed by atoms with E-state index in [1.165, 1.54) is 0 Å². The molecule has 1 saturated carbocycles. The highest BCUT2D eigenvalue weighted by atomic mass is 35.5. The van der Waals surface area contributed by atoms with Gasteiger partial charge in [0.1, 0.15) is 0 Å². The van der Waals surface area contributed by atoms with E-state index in [9.17, 15) is 10.1 Å². The van der Waals surface area contributed by atoms with Crippen LogP contribution in [0.15, 0.2) is 6.20 Å². The smallest absolute Gasteiger partial charge is 0.358 e. The largest absolute Gasteiger partial charge is 0.408 e. The van der Waals surface area contributed by atoms with Crippen molar-refractivity contribution in [2.75, 3.05) is 0 Å². The third-order valence-corrected chi connectivity index (χ3v) is 2.81. The number of halogens is 1. The lowest BCUT2D eigenvalue weighted by atomic mass is 10.3. The molecule has 1 fully saturated rings. The molecule has 1 aliphatic rings. The van der Waals surface area contributed by atoms with Gasteiger partial charge < -0.3 is 10.1 Å². The SMILES string of the molecule is O=[N+]([O-])c1nn(C2CCCC2)cc1Cl. The van der Waals surface area contributed by atoms with Crippen LogP contribution >= 0.6 is 11.6 Å². The molecule has 0 saturated heterocycles. The Bertz CT molecular complexity index is 357. The van der Waals surface area contributed by atoms with Crippen molar-refractivity contribution < 1.29 is 4.92 Å². The van der Waals surface area contributed by atoms with Crippen LogP contribution in [0.2, 0.25) is 5.02 Å². The van der Waals surface area contributed by atoms with Gasteiger partial charge in [-0.1, -0.05) is 24.4 Å². The fourth-order valence-corrected chi connectivity index (χ4v) is 2.05. The number of aromatic nitrogens is 2. The van der Waals surface area contributed by atoms with E-state index >= 15 is 0 Å². The van der Waals surface area contributed by atoms with Crippen molar-refractivity contribution in [3.63, 3.8) is 0 Å². The van der Waals surface area contributed by atoms with Gasteiger partial charge >= 0.3 is 5.82 Å². The Hall–Kier alpha value is -1.10. The average Bonchev–Trinajstić information content (AvgIpc) is 2.70. The van der Waals surface area contributed by atoms with Crippen molar-refractivity contribution in [2.24, 2.45) is 0 Å². The fourth-order valence-electron chi connectivity index (χ4n) is 1.84. The zero-order valence-corrected chi connectivity index (χ0v) is 8.28. The Balaban J connectivity index is 2.27. The van der Waals surface area contributed by atoms with Gasteiger partial charge in [-0.15, -0.1) is 0 Å². The van der Waals surface area contributed by atoms with Crippen LogP contribution in [-0.4, -0.2) is 14.7 Å². The summed E-state index contributed by atoms with van der Waals surface area (Å²) in [6, 6.07) is 0.293. The molecule has 0 aliphatic heterocycles. The van der Waals surface area contributed by atoms with E-state index < -0.39 is 4.92 Å². The molecular formula is C8H10ClN3O2. The molecule has 0 amide bonds. The minimum Gasteiger partial charge on any atom is -0.358 e. The van der Waals surface area contributed by atoms with Crippen LogP contribution in [0.4, 0.5) is 5.82 Å². The summed E-state index contributed by atoms with van der Waals surface area (Å²) >= 11 is 5.69. The highest BCUT2D eigenvalue weighted by Crippen LogP contribution is 2.32. The molecule has 0 N–H and O–H groups in total. The maximum absolute atomic E-state index is 10.5. The minimum absolute atomic E-state index is 0.127. The molecule has 1 heterocycles. The zero-order chi connectivity index (χ0) is 10.1. The molecule has 0 unspecified atom stereocenters. The molecule has 1 aliphatic carbocycles. The summed E-state index contributed by atoms with van der Waals surface area (Å²) in [6.45, 7) is 0. The lowest BCUT2D eigenvalue weighted by Gasteiger charge is -2.03. The summed E-state index contributed by atoms with van der Waals surface area (Å²) in [5, 5.41) is 14.5. The Morgan fingerprint density at radius 3 is 2.71 bits per heavy atom. The second-order valence-corrected chi connectivity index (χ2v) is 3.88. The van der Waals surface area contributed by atoms with Crippen molar-refractivity contribution in [3.05, 3.63) is 21.3 Å². The molecule has 0 spiro atoms. The first-order valence-corrected chi connectivity index (χ1v) is 4.95. The fraction of sp³-hybridized carbons (Fsp3) is 0.625. The molecule has 1 aromatic rings. The highest BCUT2D eigenvalue weighted by molar-refractivity contribution is 6.32. The zero-order valence-electron chi connectivity index (χ0n) is 7.52. The van der Waals surface area contributed by atoms with Gasteiger partial charge in [-0.05, 0) is 17.8 Å². The molecule has 6 heteroatoms. The predicted octanol–water partition coefficient (Wildman–Crippen LogP) is 2.56. The second-order valence-electron chi connectivity index (χ2n) is 3.48. The number of nitro groups is 1. The summed E-state index contributed by atoms with van der Waals surface area (Å²) in [6.07, 6.45) is 5.95. The molecule has 0 atom stereocenters. The number of nitrogens with zero attached hydrogens (tertiary/aromatic N) is 3. The van der Waals surface area contributed by atoms with Gasteiger partial charge in [0.05, 0.1) is 17.3 Å². The summed E-state index contributed by atoms with van der Waals surface area (Å²) in [4.78, 5) is 9.95. The topological polar surface area (TPSA) is 61.0 Å². The molecule has 0 bridgehead atoms.